The Morgan fingerprint density at radius 2 is 1.94 bits per heavy atom. The monoisotopic (exact) mass is 258 g/mol. The van der Waals surface area contributed by atoms with E-state index in [1.807, 2.05) is 0 Å². The minimum Gasteiger partial charge on any atom is -0.351 e. The van der Waals surface area contributed by atoms with Crippen molar-refractivity contribution < 1.29 is 18.0 Å². The fraction of sp³-hybridized carbons (Fsp3) is 0.417. The fourth-order valence-electron chi connectivity index (χ4n) is 2.02. The van der Waals surface area contributed by atoms with E-state index in [0.29, 0.717) is 6.54 Å². The van der Waals surface area contributed by atoms with E-state index < -0.39 is 23.7 Å². The molecule has 2 N–H and O–H groups in total. The van der Waals surface area contributed by atoms with Crippen molar-refractivity contribution in [3.63, 3.8) is 0 Å². The predicted molar refractivity (Wildman–Crippen MR) is 59.8 cm³/mol. The molecule has 0 unspecified atom stereocenters. The van der Waals surface area contributed by atoms with Gasteiger partial charge in [0.2, 0.25) is 5.91 Å². The van der Waals surface area contributed by atoms with Crippen molar-refractivity contribution in [1.82, 2.24) is 10.6 Å². The zero-order valence-corrected chi connectivity index (χ0v) is 9.71. The molecule has 18 heavy (non-hydrogen) atoms. The molecule has 2 rings (SSSR count). The molecule has 2 atom stereocenters. The van der Waals surface area contributed by atoms with Gasteiger partial charge in [-0.05, 0) is 18.6 Å². The van der Waals surface area contributed by atoms with E-state index >= 15 is 0 Å². The summed E-state index contributed by atoms with van der Waals surface area (Å²) in [6, 6.07) is 4.11. The van der Waals surface area contributed by atoms with Crippen molar-refractivity contribution in [2.75, 3.05) is 6.54 Å². The minimum absolute atomic E-state index is 0.0330. The zero-order valence-electron chi connectivity index (χ0n) is 9.71. The molecule has 6 heteroatoms. The summed E-state index contributed by atoms with van der Waals surface area (Å²) in [6.45, 7) is 2.24. The van der Waals surface area contributed by atoms with E-state index in [2.05, 4.69) is 10.6 Å². The van der Waals surface area contributed by atoms with E-state index in [4.69, 9.17) is 0 Å². The molecule has 1 aliphatic heterocycles. The van der Waals surface area contributed by atoms with Gasteiger partial charge in [0.05, 0.1) is 5.56 Å². The summed E-state index contributed by atoms with van der Waals surface area (Å²) in [7, 11) is 0. The molecule has 0 radical (unpaired) electrons. The molecule has 1 aromatic rings. The first-order valence-corrected chi connectivity index (χ1v) is 5.59. The fourth-order valence-corrected chi connectivity index (χ4v) is 2.02. The Kier molecular flexibility index (Phi) is 3.30. The summed E-state index contributed by atoms with van der Waals surface area (Å²) in [4.78, 5) is 11.7. The molecule has 1 amide bonds. The highest BCUT2D eigenvalue weighted by molar-refractivity contribution is 5.84. The smallest absolute Gasteiger partial charge is 0.351 e. The van der Waals surface area contributed by atoms with Crippen LogP contribution in [0, 0.1) is 0 Å². The molecule has 0 saturated carbocycles. The topological polar surface area (TPSA) is 41.1 Å². The number of nitrogens with one attached hydrogen (secondary N) is 2. The average Bonchev–Trinajstić information content (AvgIpc) is 2.28. The lowest BCUT2D eigenvalue weighted by molar-refractivity contribution is -0.139. The van der Waals surface area contributed by atoms with Crippen LogP contribution < -0.4 is 10.6 Å². The SMILES string of the molecule is C[C@@H]1CN[C@@H](c2ccccc2C(F)(F)F)C(=O)N1. The first-order chi connectivity index (χ1) is 8.39. The first kappa shape index (κ1) is 12.9. The molecule has 1 aliphatic rings. The first-order valence-electron chi connectivity index (χ1n) is 5.59. The van der Waals surface area contributed by atoms with Gasteiger partial charge in [-0.3, -0.25) is 4.79 Å². The number of piperazine rings is 1. The maximum absolute atomic E-state index is 12.8. The average molecular weight is 258 g/mol. The Balaban J connectivity index is 2.37. The van der Waals surface area contributed by atoms with Crippen LogP contribution in [0.25, 0.3) is 0 Å². The van der Waals surface area contributed by atoms with Gasteiger partial charge in [0.15, 0.2) is 0 Å². The Bertz CT molecular complexity index is 459. The van der Waals surface area contributed by atoms with Crippen LogP contribution in [0.1, 0.15) is 24.1 Å². The van der Waals surface area contributed by atoms with Gasteiger partial charge in [-0.15, -0.1) is 0 Å². The number of carbonyl (C=O) groups is 1. The van der Waals surface area contributed by atoms with Gasteiger partial charge in [-0.1, -0.05) is 18.2 Å². The molecule has 1 fully saturated rings. The van der Waals surface area contributed by atoms with Gasteiger partial charge in [-0.2, -0.15) is 13.2 Å². The molecular weight excluding hydrogens is 245 g/mol. The standard InChI is InChI=1S/C12H13F3N2O/c1-7-6-16-10(11(18)17-7)8-4-2-3-5-9(8)12(13,14)15/h2-5,7,10,16H,6H2,1H3,(H,17,18)/t7-,10+/m1/s1. The highest BCUT2D eigenvalue weighted by atomic mass is 19.4. The second-order valence-corrected chi connectivity index (χ2v) is 4.34. The second kappa shape index (κ2) is 4.61. The maximum atomic E-state index is 12.8. The highest BCUT2D eigenvalue weighted by Crippen LogP contribution is 2.34. The number of hydrogen-bond acceptors (Lipinski definition) is 2. The maximum Gasteiger partial charge on any atom is 0.416 e. The van der Waals surface area contributed by atoms with Crippen LogP contribution in [-0.2, 0) is 11.0 Å². The lowest BCUT2D eigenvalue weighted by Gasteiger charge is -2.29. The molecule has 0 bridgehead atoms. The van der Waals surface area contributed by atoms with Crippen molar-refractivity contribution in [3.05, 3.63) is 35.4 Å². The number of carbonyl (C=O) groups excluding carboxylic acids is 1. The predicted octanol–water partition coefficient (Wildman–Crippen LogP) is 1.85. The summed E-state index contributed by atoms with van der Waals surface area (Å²) in [6.07, 6.45) is -4.46. The number of benzene rings is 1. The minimum atomic E-state index is -4.46. The molecule has 0 aromatic heterocycles. The molecule has 3 nitrogen and oxygen atoms in total. The molecule has 0 aliphatic carbocycles. The third-order valence-electron chi connectivity index (χ3n) is 2.86. The Morgan fingerprint density at radius 3 is 2.56 bits per heavy atom. The van der Waals surface area contributed by atoms with Crippen LogP contribution in [0.3, 0.4) is 0 Å². The molecule has 1 heterocycles. The van der Waals surface area contributed by atoms with Gasteiger partial charge in [-0.25, -0.2) is 0 Å². The normalized spacial score (nSPS) is 24.8. The van der Waals surface area contributed by atoms with E-state index in [1.54, 1.807) is 6.92 Å². The van der Waals surface area contributed by atoms with Crippen molar-refractivity contribution in [2.24, 2.45) is 0 Å². The van der Waals surface area contributed by atoms with E-state index in [0.717, 1.165) is 6.07 Å². The van der Waals surface area contributed by atoms with Crippen molar-refractivity contribution in [3.8, 4) is 0 Å². The van der Waals surface area contributed by atoms with Gasteiger partial charge >= 0.3 is 6.18 Å². The number of amides is 1. The largest absolute Gasteiger partial charge is 0.416 e. The van der Waals surface area contributed by atoms with Crippen LogP contribution in [0.4, 0.5) is 13.2 Å². The van der Waals surface area contributed by atoms with E-state index in [-0.39, 0.29) is 11.6 Å². The lowest BCUT2D eigenvalue weighted by atomic mass is 9.97. The third kappa shape index (κ3) is 2.48. The third-order valence-corrected chi connectivity index (χ3v) is 2.86. The highest BCUT2D eigenvalue weighted by Gasteiger charge is 2.37. The molecule has 1 saturated heterocycles. The number of halogens is 3. The van der Waals surface area contributed by atoms with E-state index in [9.17, 15) is 18.0 Å². The van der Waals surface area contributed by atoms with Gasteiger partial charge in [0.1, 0.15) is 6.04 Å². The number of hydrogen-bond donors (Lipinski definition) is 2. The van der Waals surface area contributed by atoms with Crippen LogP contribution in [0.5, 0.6) is 0 Å². The van der Waals surface area contributed by atoms with Crippen LogP contribution in [0.2, 0.25) is 0 Å². The summed E-state index contributed by atoms with van der Waals surface area (Å²) >= 11 is 0. The van der Waals surface area contributed by atoms with Crippen molar-refractivity contribution >= 4 is 5.91 Å². The van der Waals surface area contributed by atoms with Gasteiger partial charge in [0.25, 0.3) is 0 Å². The van der Waals surface area contributed by atoms with Crippen LogP contribution in [-0.4, -0.2) is 18.5 Å². The molecular formula is C12H13F3N2O. The number of rotatable bonds is 1. The Labute approximate surface area is 102 Å². The second-order valence-electron chi connectivity index (χ2n) is 4.34. The summed E-state index contributed by atoms with van der Waals surface area (Å²) < 4.78 is 38.5. The molecule has 0 spiro atoms. The molecule has 98 valence electrons. The molecule has 1 aromatic carbocycles. The number of alkyl halides is 3. The van der Waals surface area contributed by atoms with Gasteiger partial charge < -0.3 is 10.6 Å². The zero-order chi connectivity index (χ0) is 13.3. The summed E-state index contributed by atoms with van der Waals surface area (Å²) in [5, 5.41) is 5.47. The quantitative estimate of drug-likeness (QED) is 0.807. The Hall–Kier alpha value is -1.56. The van der Waals surface area contributed by atoms with Crippen molar-refractivity contribution in [2.45, 2.75) is 25.2 Å². The van der Waals surface area contributed by atoms with Crippen molar-refractivity contribution in [1.29, 1.82) is 0 Å². The Morgan fingerprint density at radius 1 is 1.28 bits per heavy atom. The van der Waals surface area contributed by atoms with E-state index in [1.165, 1.54) is 18.2 Å². The van der Waals surface area contributed by atoms with Gasteiger partial charge in [0, 0.05) is 12.6 Å². The summed E-state index contributed by atoms with van der Waals surface area (Å²) in [5.41, 5.74) is -0.804. The lowest BCUT2D eigenvalue weighted by Crippen LogP contribution is -2.52. The summed E-state index contributed by atoms with van der Waals surface area (Å²) in [5.74, 6) is -0.426. The van der Waals surface area contributed by atoms with Crippen LogP contribution >= 0.6 is 0 Å². The van der Waals surface area contributed by atoms with Crippen LogP contribution in [0.15, 0.2) is 24.3 Å².